The van der Waals surface area contributed by atoms with Gasteiger partial charge in [-0.2, -0.15) is 0 Å². The van der Waals surface area contributed by atoms with E-state index < -0.39 is 0 Å². The van der Waals surface area contributed by atoms with Crippen LogP contribution in [0.2, 0.25) is 0 Å². The number of rotatable bonds is 3. The summed E-state index contributed by atoms with van der Waals surface area (Å²) in [5.41, 5.74) is 6.33. The summed E-state index contributed by atoms with van der Waals surface area (Å²) in [6.07, 6.45) is 2.40. The van der Waals surface area contributed by atoms with Crippen LogP contribution in [-0.2, 0) is 9.47 Å². The molecular weight excluding hydrogens is 204 g/mol. The minimum atomic E-state index is 0.179. The summed E-state index contributed by atoms with van der Waals surface area (Å²) in [5, 5.41) is 0. The van der Waals surface area contributed by atoms with Gasteiger partial charge in [0.15, 0.2) is 0 Å². The van der Waals surface area contributed by atoms with Gasteiger partial charge in [0.1, 0.15) is 0 Å². The normalized spacial score (nSPS) is 31.5. The van der Waals surface area contributed by atoms with Crippen molar-refractivity contribution in [2.45, 2.75) is 31.9 Å². The summed E-state index contributed by atoms with van der Waals surface area (Å²) in [6, 6.07) is 0.179. The van der Waals surface area contributed by atoms with Crippen LogP contribution < -0.4 is 5.73 Å². The minimum Gasteiger partial charge on any atom is -0.381 e. The van der Waals surface area contributed by atoms with Gasteiger partial charge in [-0.15, -0.1) is 0 Å². The third-order valence-electron chi connectivity index (χ3n) is 3.86. The van der Waals surface area contributed by atoms with E-state index in [0.717, 1.165) is 52.3 Å². The molecule has 2 fully saturated rings. The lowest BCUT2D eigenvalue weighted by Gasteiger charge is -2.39. The van der Waals surface area contributed by atoms with E-state index >= 15 is 0 Å². The van der Waals surface area contributed by atoms with Crippen LogP contribution in [-0.4, -0.2) is 56.5 Å². The van der Waals surface area contributed by atoms with Gasteiger partial charge in [0.2, 0.25) is 0 Å². The van der Waals surface area contributed by atoms with Gasteiger partial charge >= 0.3 is 0 Å². The van der Waals surface area contributed by atoms with E-state index in [9.17, 15) is 0 Å². The van der Waals surface area contributed by atoms with Crippen molar-refractivity contribution in [2.24, 2.45) is 11.7 Å². The van der Waals surface area contributed by atoms with Crippen molar-refractivity contribution >= 4 is 0 Å². The van der Waals surface area contributed by atoms with Gasteiger partial charge in [-0.1, -0.05) is 6.92 Å². The van der Waals surface area contributed by atoms with Crippen molar-refractivity contribution in [3.8, 4) is 0 Å². The molecule has 16 heavy (non-hydrogen) atoms. The standard InChI is InChI=1S/C12H24N2O2/c1-2-14-5-8-16-11(9-14)12(13)10-3-6-15-7-4-10/h10-12H,2-9,13H2,1H3. The average Bonchev–Trinajstić information content (AvgIpc) is 2.39. The van der Waals surface area contributed by atoms with Crippen LogP contribution in [0.5, 0.6) is 0 Å². The molecule has 4 nitrogen and oxygen atoms in total. The first-order valence-electron chi connectivity index (χ1n) is 6.48. The number of ether oxygens (including phenoxy) is 2. The van der Waals surface area contributed by atoms with Crippen molar-refractivity contribution in [1.29, 1.82) is 0 Å². The number of nitrogens with zero attached hydrogens (tertiary/aromatic N) is 1. The second-order valence-electron chi connectivity index (χ2n) is 4.83. The van der Waals surface area contributed by atoms with E-state index in [4.69, 9.17) is 15.2 Å². The molecule has 0 bridgehead atoms. The predicted octanol–water partition coefficient (Wildman–Crippen LogP) is 0.461. The lowest BCUT2D eigenvalue weighted by atomic mass is 9.88. The number of hydrogen-bond donors (Lipinski definition) is 1. The lowest BCUT2D eigenvalue weighted by Crippen LogP contribution is -2.53. The van der Waals surface area contributed by atoms with Crippen LogP contribution in [0.4, 0.5) is 0 Å². The van der Waals surface area contributed by atoms with E-state index in [-0.39, 0.29) is 12.1 Å². The van der Waals surface area contributed by atoms with Crippen molar-refractivity contribution in [3.63, 3.8) is 0 Å². The second kappa shape index (κ2) is 5.96. The predicted molar refractivity (Wildman–Crippen MR) is 63.4 cm³/mol. The molecule has 4 heteroatoms. The molecule has 2 N–H and O–H groups in total. The highest BCUT2D eigenvalue weighted by Crippen LogP contribution is 2.22. The Kier molecular flexibility index (Phi) is 4.58. The van der Waals surface area contributed by atoms with Crippen molar-refractivity contribution in [3.05, 3.63) is 0 Å². The molecule has 0 aromatic rings. The second-order valence-corrected chi connectivity index (χ2v) is 4.83. The zero-order valence-electron chi connectivity index (χ0n) is 10.2. The highest BCUT2D eigenvalue weighted by molar-refractivity contribution is 4.86. The molecule has 0 aromatic carbocycles. The van der Waals surface area contributed by atoms with Crippen LogP contribution in [0.15, 0.2) is 0 Å². The van der Waals surface area contributed by atoms with Crippen molar-refractivity contribution in [1.82, 2.24) is 4.90 Å². The molecule has 0 spiro atoms. The summed E-state index contributed by atoms with van der Waals surface area (Å²) in [7, 11) is 0. The SMILES string of the molecule is CCN1CCOC(C(N)C2CCOCC2)C1. The Morgan fingerprint density at radius 1 is 1.31 bits per heavy atom. The Morgan fingerprint density at radius 3 is 2.75 bits per heavy atom. The Hall–Kier alpha value is -0.160. The molecule has 2 unspecified atom stereocenters. The summed E-state index contributed by atoms with van der Waals surface area (Å²) >= 11 is 0. The van der Waals surface area contributed by atoms with Gasteiger partial charge in [-0.05, 0) is 25.3 Å². The van der Waals surface area contributed by atoms with Gasteiger partial charge in [-0.3, -0.25) is 4.90 Å². The molecule has 0 radical (unpaired) electrons. The third kappa shape index (κ3) is 2.94. The Morgan fingerprint density at radius 2 is 2.06 bits per heavy atom. The first-order valence-corrected chi connectivity index (χ1v) is 6.48. The lowest BCUT2D eigenvalue weighted by molar-refractivity contribution is -0.0580. The monoisotopic (exact) mass is 228 g/mol. The highest BCUT2D eigenvalue weighted by Gasteiger charge is 2.31. The van der Waals surface area contributed by atoms with Gasteiger partial charge in [0, 0.05) is 32.3 Å². The smallest absolute Gasteiger partial charge is 0.0855 e. The fourth-order valence-corrected chi connectivity index (χ4v) is 2.66. The topological polar surface area (TPSA) is 47.7 Å². The quantitative estimate of drug-likeness (QED) is 0.762. The van der Waals surface area contributed by atoms with Crippen LogP contribution >= 0.6 is 0 Å². The molecule has 0 aliphatic carbocycles. The highest BCUT2D eigenvalue weighted by atomic mass is 16.5. The summed E-state index contributed by atoms with van der Waals surface area (Å²) in [5.74, 6) is 0.579. The largest absolute Gasteiger partial charge is 0.381 e. The molecule has 0 aromatic heterocycles. The molecule has 0 saturated carbocycles. The fourth-order valence-electron chi connectivity index (χ4n) is 2.66. The first kappa shape index (κ1) is 12.3. The van der Waals surface area contributed by atoms with Crippen molar-refractivity contribution in [2.75, 3.05) is 39.5 Å². The molecule has 2 aliphatic rings. The van der Waals surface area contributed by atoms with E-state index in [1.165, 1.54) is 0 Å². The maximum absolute atomic E-state index is 6.33. The van der Waals surface area contributed by atoms with Gasteiger partial charge in [0.25, 0.3) is 0 Å². The number of nitrogens with two attached hydrogens (primary N) is 1. The van der Waals surface area contributed by atoms with Crippen LogP contribution in [0.25, 0.3) is 0 Å². The number of hydrogen-bond acceptors (Lipinski definition) is 4. The van der Waals surface area contributed by atoms with Gasteiger partial charge < -0.3 is 15.2 Å². The minimum absolute atomic E-state index is 0.179. The summed E-state index contributed by atoms with van der Waals surface area (Å²) < 4.78 is 11.2. The Bertz CT molecular complexity index is 207. The van der Waals surface area contributed by atoms with E-state index in [1.54, 1.807) is 0 Å². The molecule has 0 amide bonds. The molecule has 2 rings (SSSR count). The number of likely N-dealkylation sites (N-methyl/N-ethyl adjacent to an activating group) is 1. The van der Waals surface area contributed by atoms with Crippen LogP contribution in [0, 0.1) is 5.92 Å². The summed E-state index contributed by atoms with van der Waals surface area (Å²) in [4.78, 5) is 2.42. The molecule has 2 atom stereocenters. The maximum Gasteiger partial charge on any atom is 0.0855 e. The first-order chi connectivity index (χ1) is 7.81. The molecule has 2 saturated heterocycles. The number of morpholine rings is 1. The third-order valence-corrected chi connectivity index (χ3v) is 3.86. The molecular formula is C12H24N2O2. The van der Waals surface area contributed by atoms with E-state index in [2.05, 4.69) is 11.8 Å². The fraction of sp³-hybridized carbons (Fsp3) is 1.00. The Balaban J connectivity index is 1.84. The van der Waals surface area contributed by atoms with E-state index in [1.807, 2.05) is 0 Å². The molecule has 94 valence electrons. The molecule has 2 heterocycles. The summed E-state index contributed by atoms with van der Waals surface area (Å²) in [6.45, 7) is 7.89. The van der Waals surface area contributed by atoms with Gasteiger partial charge in [0.05, 0.1) is 12.7 Å². The van der Waals surface area contributed by atoms with Crippen LogP contribution in [0.1, 0.15) is 19.8 Å². The maximum atomic E-state index is 6.33. The Labute approximate surface area is 98.1 Å². The molecule has 2 aliphatic heterocycles. The average molecular weight is 228 g/mol. The van der Waals surface area contributed by atoms with Crippen molar-refractivity contribution < 1.29 is 9.47 Å². The van der Waals surface area contributed by atoms with E-state index in [0.29, 0.717) is 5.92 Å². The van der Waals surface area contributed by atoms with Crippen LogP contribution in [0.3, 0.4) is 0 Å². The van der Waals surface area contributed by atoms with Gasteiger partial charge in [-0.25, -0.2) is 0 Å². The zero-order chi connectivity index (χ0) is 11.4. The zero-order valence-corrected chi connectivity index (χ0v) is 10.2.